The van der Waals surface area contributed by atoms with E-state index in [1.807, 2.05) is 0 Å². The molecule has 0 saturated carbocycles. The van der Waals surface area contributed by atoms with Crippen molar-refractivity contribution in [1.82, 2.24) is 10.2 Å². The molecule has 3 N–H and O–H groups in total. The molecule has 6 heteroatoms. The van der Waals surface area contributed by atoms with Crippen molar-refractivity contribution in [2.24, 2.45) is 5.73 Å². The zero-order valence-electron chi connectivity index (χ0n) is 10.3. The van der Waals surface area contributed by atoms with Crippen LogP contribution in [0.3, 0.4) is 0 Å². The van der Waals surface area contributed by atoms with E-state index >= 15 is 0 Å². The van der Waals surface area contributed by atoms with E-state index in [2.05, 4.69) is 10.2 Å². The van der Waals surface area contributed by atoms with E-state index in [0.717, 1.165) is 25.9 Å². The summed E-state index contributed by atoms with van der Waals surface area (Å²) in [4.78, 5) is 14.2. The quantitative estimate of drug-likeness (QED) is 0.652. The summed E-state index contributed by atoms with van der Waals surface area (Å²) in [7, 11) is 1.60. The minimum atomic E-state index is 0.0691. The van der Waals surface area contributed by atoms with Crippen LogP contribution in [0, 0.1) is 0 Å². The van der Waals surface area contributed by atoms with Gasteiger partial charge in [0.15, 0.2) is 0 Å². The number of rotatable bonds is 6. The third-order valence-corrected chi connectivity index (χ3v) is 2.99. The fourth-order valence-corrected chi connectivity index (χ4v) is 2.13. The number of hydrogen-bond donors (Lipinski definition) is 2. The molecule has 1 saturated heterocycles. The largest absolute Gasteiger partial charge is 0.392 e. The number of nitrogens with two attached hydrogens (primary N) is 1. The van der Waals surface area contributed by atoms with Gasteiger partial charge in [-0.2, -0.15) is 0 Å². The SMILES string of the molecule is COCCC(=O)NC1CCN(CC(N)=S)CC1. The minimum absolute atomic E-state index is 0.0691. The fraction of sp³-hybridized carbons (Fsp3) is 0.818. The summed E-state index contributed by atoms with van der Waals surface area (Å²) < 4.78 is 4.87. The molecule has 1 amide bonds. The lowest BCUT2D eigenvalue weighted by Gasteiger charge is -2.31. The molecule has 0 spiro atoms. The molecular weight excluding hydrogens is 238 g/mol. The van der Waals surface area contributed by atoms with Crippen LogP contribution in [0.25, 0.3) is 0 Å². The summed E-state index contributed by atoms with van der Waals surface area (Å²) in [5, 5.41) is 3.02. The normalized spacial score (nSPS) is 17.9. The molecule has 1 heterocycles. The van der Waals surface area contributed by atoms with Crippen molar-refractivity contribution >= 4 is 23.1 Å². The first-order valence-electron chi connectivity index (χ1n) is 5.90. The molecule has 0 aromatic heterocycles. The summed E-state index contributed by atoms with van der Waals surface area (Å²) in [5.41, 5.74) is 5.50. The first-order chi connectivity index (χ1) is 8.11. The van der Waals surface area contributed by atoms with Gasteiger partial charge < -0.3 is 15.8 Å². The molecule has 1 aliphatic rings. The van der Waals surface area contributed by atoms with Crippen LogP contribution >= 0.6 is 12.2 Å². The van der Waals surface area contributed by atoms with Crippen molar-refractivity contribution < 1.29 is 9.53 Å². The Labute approximate surface area is 108 Å². The highest BCUT2D eigenvalue weighted by molar-refractivity contribution is 7.80. The third-order valence-electron chi connectivity index (χ3n) is 2.87. The molecule has 98 valence electrons. The second-order valence-corrected chi connectivity index (χ2v) is 4.85. The maximum Gasteiger partial charge on any atom is 0.222 e. The highest BCUT2D eigenvalue weighted by atomic mass is 32.1. The maximum atomic E-state index is 11.5. The van der Waals surface area contributed by atoms with Crippen LogP contribution in [0.2, 0.25) is 0 Å². The Morgan fingerprint density at radius 2 is 2.18 bits per heavy atom. The van der Waals surface area contributed by atoms with E-state index in [1.165, 1.54) is 0 Å². The number of likely N-dealkylation sites (tertiary alicyclic amines) is 1. The maximum absolute atomic E-state index is 11.5. The average molecular weight is 259 g/mol. The first kappa shape index (κ1) is 14.3. The summed E-state index contributed by atoms with van der Waals surface area (Å²) in [6.45, 7) is 3.03. The number of carbonyl (C=O) groups excluding carboxylic acids is 1. The van der Waals surface area contributed by atoms with Gasteiger partial charge in [-0.05, 0) is 12.8 Å². The number of thiocarbonyl (C=S) groups is 1. The molecule has 1 rings (SSSR count). The molecule has 1 aliphatic heterocycles. The van der Waals surface area contributed by atoms with Crippen LogP contribution in [0.4, 0.5) is 0 Å². The van der Waals surface area contributed by atoms with Crippen molar-refractivity contribution in [3.8, 4) is 0 Å². The molecule has 0 unspecified atom stereocenters. The fourth-order valence-electron chi connectivity index (χ4n) is 1.95. The number of hydrogen-bond acceptors (Lipinski definition) is 4. The van der Waals surface area contributed by atoms with Gasteiger partial charge in [0, 0.05) is 39.2 Å². The van der Waals surface area contributed by atoms with Gasteiger partial charge in [-0.15, -0.1) is 0 Å². The summed E-state index contributed by atoms with van der Waals surface area (Å²) in [6, 6.07) is 0.280. The number of nitrogens with zero attached hydrogens (tertiary/aromatic N) is 1. The molecule has 17 heavy (non-hydrogen) atoms. The predicted octanol–water partition coefficient (Wildman–Crippen LogP) is -0.110. The lowest BCUT2D eigenvalue weighted by molar-refractivity contribution is -0.122. The Balaban J connectivity index is 2.18. The Morgan fingerprint density at radius 1 is 1.53 bits per heavy atom. The van der Waals surface area contributed by atoms with Gasteiger partial charge in [-0.25, -0.2) is 0 Å². The average Bonchev–Trinajstić information content (AvgIpc) is 2.28. The zero-order valence-corrected chi connectivity index (χ0v) is 11.1. The van der Waals surface area contributed by atoms with E-state index in [1.54, 1.807) is 7.11 Å². The zero-order chi connectivity index (χ0) is 12.7. The predicted molar refractivity (Wildman–Crippen MR) is 70.9 cm³/mol. The van der Waals surface area contributed by atoms with E-state index in [0.29, 0.717) is 24.6 Å². The van der Waals surface area contributed by atoms with Crippen molar-refractivity contribution in [1.29, 1.82) is 0 Å². The van der Waals surface area contributed by atoms with Crippen LogP contribution in [0.15, 0.2) is 0 Å². The molecule has 0 aromatic rings. The highest BCUT2D eigenvalue weighted by Crippen LogP contribution is 2.10. The Bertz CT molecular complexity index is 265. The standard InChI is InChI=1S/C11H21N3O2S/c1-16-7-4-11(15)13-9-2-5-14(6-3-9)8-10(12)17/h9H,2-8H2,1H3,(H2,12,17)(H,13,15). The van der Waals surface area contributed by atoms with Gasteiger partial charge in [-0.3, -0.25) is 9.69 Å². The minimum Gasteiger partial charge on any atom is -0.392 e. The molecule has 0 aliphatic carbocycles. The van der Waals surface area contributed by atoms with Crippen LogP contribution < -0.4 is 11.1 Å². The van der Waals surface area contributed by atoms with Crippen molar-refractivity contribution in [2.75, 3.05) is 33.4 Å². The Morgan fingerprint density at radius 3 is 2.71 bits per heavy atom. The van der Waals surface area contributed by atoms with E-state index in [9.17, 15) is 4.79 Å². The number of piperidine rings is 1. The number of methoxy groups -OCH3 is 1. The van der Waals surface area contributed by atoms with Gasteiger partial charge in [-0.1, -0.05) is 12.2 Å². The summed E-state index contributed by atoms with van der Waals surface area (Å²) in [5.74, 6) is 0.0691. The van der Waals surface area contributed by atoms with Gasteiger partial charge in [0.2, 0.25) is 5.91 Å². The highest BCUT2D eigenvalue weighted by Gasteiger charge is 2.20. The molecule has 1 fully saturated rings. The smallest absolute Gasteiger partial charge is 0.222 e. The molecule has 5 nitrogen and oxygen atoms in total. The van der Waals surface area contributed by atoms with Crippen molar-refractivity contribution in [3.63, 3.8) is 0 Å². The number of amides is 1. The lowest BCUT2D eigenvalue weighted by Crippen LogP contribution is -2.46. The van der Waals surface area contributed by atoms with Gasteiger partial charge >= 0.3 is 0 Å². The molecule has 0 aromatic carbocycles. The first-order valence-corrected chi connectivity index (χ1v) is 6.31. The second-order valence-electron chi connectivity index (χ2n) is 4.33. The monoisotopic (exact) mass is 259 g/mol. The second kappa shape index (κ2) is 7.58. The molecule has 0 radical (unpaired) electrons. The van der Waals surface area contributed by atoms with E-state index in [4.69, 9.17) is 22.7 Å². The van der Waals surface area contributed by atoms with Gasteiger partial charge in [0.05, 0.1) is 11.6 Å². The number of nitrogens with one attached hydrogen (secondary N) is 1. The van der Waals surface area contributed by atoms with Crippen molar-refractivity contribution in [2.45, 2.75) is 25.3 Å². The van der Waals surface area contributed by atoms with Gasteiger partial charge in [0.1, 0.15) is 0 Å². The number of ether oxygens (including phenoxy) is 1. The van der Waals surface area contributed by atoms with Gasteiger partial charge in [0.25, 0.3) is 0 Å². The summed E-state index contributed by atoms with van der Waals surface area (Å²) in [6.07, 6.45) is 2.35. The number of carbonyl (C=O) groups is 1. The third kappa shape index (κ3) is 5.95. The Hall–Kier alpha value is -0.720. The van der Waals surface area contributed by atoms with E-state index in [-0.39, 0.29) is 11.9 Å². The topological polar surface area (TPSA) is 67.6 Å². The molecule has 0 bridgehead atoms. The molecule has 0 atom stereocenters. The summed E-state index contributed by atoms with van der Waals surface area (Å²) >= 11 is 4.88. The van der Waals surface area contributed by atoms with Crippen LogP contribution in [0.1, 0.15) is 19.3 Å². The van der Waals surface area contributed by atoms with Crippen molar-refractivity contribution in [3.05, 3.63) is 0 Å². The van der Waals surface area contributed by atoms with Crippen LogP contribution in [0.5, 0.6) is 0 Å². The van der Waals surface area contributed by atoms with Crippen LogP contribution in [-0.2, 0) is 9.53 Å². The van der Waals surface area contributed by atoms with Crippen LogP contribution in [-0.4, -0.2) is 55.2 Å². The molecular formula is C11H21N3O2S. The Kier molecular flexibility index (Phi) is 6.39. The van der Waals surface area contributed by atoms with E-state index < -0.39 is 0 Å². The lowest BCUT2D eigenvalue weighted by atomic mass is 10.0.